The first kappa shape index (κ1) is 25.7. The van der Waals surface area contributed by atoms with Crippen LogP contribution in [0.2, 0.25) is 0 Å². The fraction of sp³-hybridized carbons (Fsp3) is 0.290. The Balaban J connectivity index is 1.39. The van der Waals surface area contributed by atoms with Gasteiger partial charge in [0.15, 0.2) is 17.3 Å². The number of carbonyl (C=O) groups excluding carboxylic acids is 1. The number of carbonyl (C=O) groups is 1. The molecule has 7 heteroatoms. The number of methoxy groups -OCH3 is 1. The van der Waals surface area contributed by atoms with Crippen LogP contribution in [0.15, 0.2) is 72.9 Å². The van der Waals surface area contributed by atoms with Crippen LogP contribution >= 0.6 is 0 Å². The van der Waals surface area contributed by atoms with Gasteiger partial charge >= 0.3 is 0 Å². The first-order chi connectivity index (χ1) is 18.5. The quantitative estimate of drug-likeness (QED) is 0.286. The van der Waals surface area contributed by atoms with E-state index >= 15 is 0 Å². The third-order valence-corrected chi connectivity index (χ3v) is 6.88. The molecule has 0 amide bonds. The van der Waals surface area contributed by atoms with Gasteiger partial charge in [0.05, 0.1) is 18.2 Å². The molecule has 0 aliphatic carbocycles. The Morgan fingerprint density at radius 2 is 1.68 bits per heavy atom. The number of likely N-dealkylation sites (N-methyl/N-ethyl adjacent to an activating group) is 1. The van der Waals surface area contributed by atoms with Crippen LogP contribution in [0.5, 0.6) is 23.0 Å². The molecule has 38 heavy (non-hydrogen) atoms. The molecule has 1 aliphatic heterocycles. The van der Waals surface area contributed by atoms with Crippen LogP contribution in [-0.2, 0) is 0 Å². The average molecular weight is 512 g/mol. The number of aromatic nitrogens is 1. The minimum atomic E-state index is -0.0868. The maximum Gasteiger partial charge on any atom is 0.196 e. The van der Waals surface area contributed by atoms with E-state index in [1.165, 1.54) is 0 Å². The molecule has 0 atom stereocenters. The number of aryl methyl sites for hydroxylation is 1. The molecule has 3 aromatic carbocycles. The van der Waals surface area contributed by atoms with Crippen molar-refractivity contribution in [3.63, 3.8) is 0 Å². The summed E-state index contributed by atoms with van der Waals surface area (Å²) in [4.78, 5) is 22.6. The number of ketones is 1. The lowest BCUT2D eigenvalue weighted by molar-refractivity contribution is 0.103. The Bertz CT molecular complexity index is 1420. The molecule has 0 saturated carbocycles. The lowest BCUT2D eigenvalue weighted by Crippen LogP contribution is -2.45. The number of fused-ring (bicyclic) bond motifs is 1. The van der Waals surface area contributed by atoms with E-state index in [-0.39, 0.29) is 5.78 Å². The third-order valence-electron chi connectivity index (χ3n) is 6.88. The zero-order chi connectivity index (χ0) is 26.5. The summed E-state index contributed by atoms with van der Waals surface area (Å²) in [6.07, 6.45) is 1.70. The average Bonchev–Trinajstić information content (AvgIpc) is 2.95. The number of pyridine rings is 1. The van der Waals surface area contributed by atoms with Crippen molar-refractivity contribution in [2.75, 3.05) is 53.5 Å². The number of hydrogen-bond donors (Lipinski definition) is 0. The third kappa shape index (κ3) is 5.79. The second-order valence-corrected chi connectivity index (χ2v) is 9.62. The first-order valence-corrected chi connectivity index (χ1v) is 12.9. The molecular formula is C31H33N3O4. The molecule has 2 heterocycles. The molecule has 5 rings (SSSR count). The van der Waals surface area contributed by atoms with Gasteiger partial charge in [-0.25, -0.2) is 0 Å². The minimum Gasteiger partial charge on any atom is -0.493 e. The smallest absolute Gasteiger partial charge is 0.196 e. The molecule has 0 N–H and O–H groups in total. The second-order valence-electron chi connectivity index (χ2n) is 9.62. The predicted molar refractivity (Wildman–Crippen MR) is 149 cm³/mol. The summed E-state index contributed by atoms with van der Waals surface area (Å²) in [6.45, 7) is 7.63. The van der Waals surface area contributed by atoms with Gasteiger partial charge in [-0.05, 0) is 38.2 Å². The normalized spacial score (nSPS) is 14.4. The number of nitrogens with zero attached hydrogens (tertiary/aromatic N) is 3. The van der Waals surface area contributed by atoms with Crippen molar-refractivity contribution in [3.05, 3.63) is 89.6 Å². The standard InChI is InChI=1S/C31H33N3O4/c1-22-9-10-27(25(19-22)31(35)23-7-5-4-6-8-23)38-28-11-12-32-26-21-30(29(36-3)20-24(26)28)37-18-17-34-15-13-33(2)14-16-34/h4-12,19-21H,13-18H2,1-3H3. The molecule has 0 spiro atoms. The van der Waals surface area contributed by atoms with Gasteiger partial charge in [0.2, 0.25) is 0 Å². The SMILES string of the molecule is COc1cc2c(Oc3ccc(C)cc3C(=O)c3ccccc3)ccnc2cc1OCCN1CCN(C)CC1. The topological polar surface area (TPSA) is 64.1 Å². The number of ether oxygens (including phenoxy) is 3. The van der Waals surface area contributed by atoms with Crippen LogP contribution < -0.4 is 14.2 Å². The zero-order valence-corrected chi connectivity index (χ0v) is 22.1. The highest BCUT2D eigenvalue weighted by atomic mass is 16.5. The van der Waals surface area contributed by atoms with Gasteiger partial charge in [-0.3, -0.25) is 14.7 Å². The highest BCUT2D eigenvalue weighted by molar-refractivity contribution is 6.11. The molecule has 0 radical (unpaired) electrons. The molecule has 1 aromatic heterocycles. The predicted octanol–water partition coefficient (Wildman–Crippen LogP) is 5.20. The van der Waals surface area contributed by atoms with Gasteiger partial charge in [-0.2, -0.15) is 0 Å². The molecule has 0 unspecified atom stereocenters. The van der Waals surface area contributed by atoms with E-state index in [2.05, 4.69) is 21.8 Å². The van der Waals surface area contributed by atoms with Crippen molar-refractivity contribution < 1.29 is 19.0 Å². The summed E-state index contributed by atoms with van der Waals surface area (Å²) in [5, 5.41) is 0.773. The van der Waals surface area contributed by atoms with Gasteiger partial charge in [0.25, 0.3) is 0 Å². The summed E-state index contributed by atoms with van der Waals surface area (Å²) in [7, 11) is 3.78. The second kappa shape index (κ2) is 11.6. The van der Waals surface area contributed by atoms with Gasteiger partial charge < -0.3 is 19.1 Å². The Morgan fingerprint density at radius 1 is 0.895 bits per heavy atom. The van der Waals surface area contributed by atoms with Gasteiger partial charge in [0.1, 0.15) is 18.1 Å². The van der Waals surface area contributed by atoms with Gasteiger partial charge in [-0.1, -0.05) is 42.0 Å². The van der Waals surface area contributed by atoms with Crippen LogP contribution in [0.1, 0.15) is 21.5 Å². The van der Waals surface area contributed by atoms with Crippen LogP contribution in [-0.4, -0.2) is 74.1 Å². The largest absolute Gasteiger partial charge is 0.493 e. The summed E-state index contributed by atoms with van der Waals surface area (Å²) >= 11 is 0. The highest BCUT2D eigenvalue weighted by Gasteiger charge is 2.18. The summed E-state index contributed by atoms with van der Waals surface area (Å²) < 4.78 is 18.2. The maximum atomic E-state index is 13.3. The van der Waals surface area contributed by atoms with E-state index in [1.807, 2.05) is 67.6 Å². The zero-order valence-electron chi connectivity index (χ0n) is 22.1. The van der Waals surface area contributed by atoms with Crippen molar-refractivity contribution >= 4 is 16.7 Å². The van der Waals surface area contributed by atoms with Crippen molar-refractivity contribution in [2.24, 2.45) is 0 Å². The molecule has 4 aromatic rings. The number of rotatable bonds is 9. The minimum absolute atomic E-state index is 0.0868. The Kier molecular flexibility index (Phi) is 7.86. The van der Waals surface area contributed by atoms with Crippen molar-refractivity contribution in [1.29, 1.82) is 0 Å². The fourth-order valence-electron chi connectivity index (χ4n) is 4.62. The fourth-order valence-corrected chi connectivity index (χ4v) is 4.62. The lowest BCUT2D eigenvalue weighted by atomic mass is 10.0. The van der Waals surface area contributed by atoms with Gasteiger partial charge in [-0.15, -0.1) is 0 Å². The van der Waals surface area contributed by atoms with E-state index in [1.54, 1.807) is 19.4 Å². The van der Waals surface area contributed by atoms with Crippen molar-refractivity contribution in [2.45, 2.75) is 6.92 Å². The molecule has 196 valence electrons. The summed E-state index contributed by atoms with van der Waals surface area (Å²) in [5.74, 6) is 2.25. The Hall–Kier alpha value is -3.94. The van der Waals surface area contributed by atoms with Crippen LogP contribution in [0.3, 0.4) is 0 Å². The monoisotopic (exact) mass is 511 g/mol. The van der Waals surface area contributed by atoms with Crippen LogP contribution in [0.25, 0.3) is 10.9 Å². The Morgan fingerprint density at radius 3 is 2.45 bits per heavy atom. The van der Waals surface area contributed by atoms with Crippen LogP contribution in [0.4, 0.5) is 0 Å². The molecular weight excluding hydrogens is 478 g/mol. The molecule has 1 saturated heterocycles. The van der Waals surface area contributed by atoms with Crippen molar-refractivity contribution in [3.8, 4) is 23.0 Å². The molecule has 7 nitrogen and oxygen atoms in total. The summed E-state index contributed by atoms with van der Waals surface area (Å²) in [6, 6.07) is 20.4. The lowest BCUT2D eigenvalue weighted by Gasteiger charge is -2.32. The van der Waals surface area contributed by atoms with Crippen LogP contribution in [0, 0.1) is 6.92 Å². The van der Waals surface area contributed by atoms with E-state index < -0.39 is 0 Å². The number of piperazine rings is 1. The van der Waals surface area contributed by atoms with Gasteiger partial charge in [0, 0.05) is 55.9 Å². The maximum absolute atomic E-state index is 13.3. The van der Waals surface area contributed by atoms with E-state index in [0.29, 0.717) is 40.7 Å². The van der Waals surface area contributed by atoms with E-state index in [9.17, 15) is 4.79 Å². The highest BCUT2D eigenvalue weighted by Crippen LogP contribution is 2.38. The van der Waals surface area contributed by atoms with Crippen molar-refractivity contribution in [1.82, 2.24) is 14.8 Å². The first-order valence-electron chi connectivity index (χ1n) is 12.9. The number of benzene rings is 3. The molecule has 0 bridgehead atoms. The summed E-state index contributed by atoms with van der Waals surface area (Å²) in [5.41, 5.74) is 2.83. The Labute approximate surface area is 223 Å². The molecule has 1 fully saturated rings. The van der Waals surface area contributed by atoms with E-state index in [0.717, 1.165) is 49.2 Å². The van der Waals surface area contributed by atoms with E-state index in [4.69, 9.17) is 14.2 Å². The number of hydrogen-bond acceptors (Lipinski definition) is 7. The molecule has 1 aliphatic rings.